The third-order valence-corrected chi connectivity index (χ3v) is 5.23. The molecule has 1 saturated carbocycles. The van der Waals surface area contributed by atoms with Gasteiger partial charge in [0, 0.05) is 17.0 Å². The highest BCUT2D eigenvalue weighted by molar-refractivity contribution is 5.83. The normalized spacial score (nSPS) is 15.0. The molecule has 5 nitrogen and oxygen atoms in total. The van der Waals surface area contributed by atoms with Gasteiger partial charge in [-0.3, -0.25) is 0 Å². The van der Waals surface area contributed by atoms with Gasteiger partial charge in [-0.05, 0) is 50.8 Å². The molecule has 0 unspecified atom stereocenters. The summed E-state index contributed by atoms with van der Waals surface area (Å²) in [6.07, 6.45) is 5.07. The SMILES string of the molecule is Cc1c(-c2cc3ccc(OCC4CCCC4)cc3o2)oc(=O)c(C)c1O. The predicted octanol–water partition coefficient (Wildman–Crippen LogP) is 4.94. The van der Waals surface area contributed by atoms with E-state index >= 15 is 0 Å². The largest absolute Gasteiger partial charge is 0.507 e. The monoisotopic (exact) mass is 354 g/mol. The van der Waals surface area contributed by atoms with E-state index in [1.165, 1.54) is 32.6 Å². The highest BCUT2D eigenvalue weighted by Gasteiger charge is 2.19. The summed E-state index contributed by atoms with van der Waals surface area (Å²) in [7, 11) is 0. The molecule has 136 valence electrons. The summed E-state index contributed by atoms with van der Waals surface area (Å²) in [5.74, 6) is 2.03. The van der Waals surface area contributed by atoms with Gasteiger partial charge < -0.3 is 18.7 Å². The van der Waals surface area contributed by atoms with E-state index in [0.29, 0.717) is 22.8 Å². The molecular weight excluding hydrogens is 332 g/mol. The summed E-state index contributed by atoms with van der Waals surface area (Å²) < 4.78 is 17.1. The third kappa shape index (κ3) is 2.98. The summed E-state index contributed by atoms with van der Waals surface area (Å²) in [4.78, 5) is 11.9. The molecule has 0 spiro atoms. The van der Waals surface area contributed by atoms with Gasteiger partial charge in [-0.15, -0.1) is 0 Å². The minimum Gasteiger partial charge on any atom is -0.507 e. The molecule has 3 aromatic rings. The number of aromatic hydroxyl groups is 1. The van der Waals surface area contributed by atoms with E-state index in [2.05, 4.69) is 0 Å². The molecule has 1 N–H and O–H groups in total. The zero-order chi connectivity index (χ0) is 18.3. The van der Waals surface area contributed by atoms with Crippen molar-refractivity contribution < 1.29 is 18.7 Å². The summed E-state index contributed by atoms with van der Waals surface area (Å²) in [5, 5.41) is 11.0. The maximum Gasteiger partial charge on any atom is 0.343 e. The van der Waals surface area contributed by atoms with Crippen LogP contribution in [0.25, 0.3) is 22.5 Å². The van der Waals surface area contributed by atoms with Crippen LogP contribution in [0.4, 0.5) is 0 Å². The second-order valence-corrected chi connectivity index (χ2v) is 7.09. The van der Waals surface area contributed by atoms with Gasteiger partial charge in [0.25, 0.3) is 0 Å². The number of hydrogen-bond donors (Lipinski definition) is 1. The van der Waals surface area contributed by atoms with Crippen LogP contribution < -0.4 is 10.4 Å². The predicted molar refractivity (Wildman–Crippen MR) is 98.8 cm³/mol. The van der Waals surface area contributed by atoms with Crippen molar-refractivity contribution in [3.05, 3.63) is 45.8 Å². The molecule has 1 aliphatic carbocycles. The summed E-state index contributed by atoms with van der Waals surface area (Å²) in [6, 6.07) is 7.51. The fraction of sp³-hybridized carbons (Fsp3) is 0.381. The highest BCUT2D eigenvalue weighted by atomic mass is 16.5. The van der Waals surface area contributed by atoms with Gasteiger partial charge in [0.05, 0.1) is 12.2 Å². The number of rotatable bonds is 4. The Balaban J connectivity index is 1.65. The first kappa shape index (κ1) is 16.8. The van der Waals surface area contributed by atoms with Crippen molar-refractivity contribution in [2.24, 2.45) is 5.92 Å². The molecule has 2 aromatic heterocycles. The van der Waals surface area contributed by atoms with Gasteiger partial charge in [-0.25, -0.2) is 4.79 Å². The Labute approximate surface area is 151 Å². The quantitative estimate of drug-likeness (QED) is 0.718. The number of fused-ring (bicyclic) bond motifs is 1. The Bertz CT molecular complexity index is 1010. The van der Waals surface area contributed by atoms with Crippen LogP contribution in [0, 0.1) is 19.8 Å². The maximum absolute atomic E-state index is 11.9. The molecule has 4 rings (SSSR count). The van der Waals surface area contributed by atoms with Crippen LogP contribution in [0.2, 0.25) is 0 Å². The summed E-state index contributed by atoms with van der Waals surface area (Å²) >= 11 is 0. The molecule has 1 aromatic carbocycles. The van der Waals surface area contributed by atoms with Gasteiger partial charge in [0.1, 0.15) is 17.1 Å². The first-order valence-corrected chi connectivity index (χ1v) is 9.03. The van der Waals surface area contributed by atoms with E-state index in [4.69, 9.17) is 13.6 Å². The first-order valence-electron chi connectivity index (χ1n) is 9.03. The summed E-state index contributed by atoms with van der Waals surface area (Å²) in [5.41, 5.74) is 0.777. The van der Waals surface area contributed by atoms with E-state index < -0.39 is 5.63 Å². The smallest absolute Gasteiger partial charge is 0.343 e. The highest BCUT2D eigenvalue weighted by Crippen LogP contribution is 2.35. The van der Waals surface area contributed by atoms with Crippen LogP contribution in [0.1, 0.15) is 36.8 Å². The van der Waals surface area contributed by atoms with E-state index in [1.807, 2.05) is 18.2 Å². The zero-order valence-electron chi connectivity index (χ0n) is 15.0. The number of furan rings is 1. The molecular formula is C21H22O5. The van der Waals surface area contributed by atoms with Crippen molar-refractivity contribution in [1.82, 2.24) is 0 Å². The topological polar surface area (TPSA) is 72.8 Å². The molecule has 0 bridgehead atoms. The molecule has 0 atom stereocenters. The molecule has 0 aliphatic heterocycles. The molecule has 0 saturated heterocycles. The number of hydrogen-bond acceptors (Lipinski definition) is 5. The van der Waals surface area contributed by atoms with Gasteiger partial charge >= 0.3 is 5.63 Å². The van der Waals surface area contributed by atoms with E-state index in [9.17, 15) is 9.90 Å². The van der Waals surface area contributed by atoms with Crippen LogP contribution in [0.3, 0.4) is 0 Å². The molecule has 26 heavy (non-hydrogen) atoms. The number of ether oxygens (including phenoxy) is 1. The Kier molecular flexibility index (Phi) is 4.23. The Hall–Kier alpha value is -2.69. The molecule has 5 heteroatoms. The van der Waals surface area contributed by atoms with Crippen molar-refractivity contribution in [2.75, 3.05) is 6.61 Å². The molecule has 0 radical (unpaired) electrons. The van der Waals surface area contributed by atoms with Crippen molar-refractivity contribution in [3.63, 3.8) is 0 Å². The van der Waals surface area contributed by atoms with Gasteiger partial charge in [-0.2, -0.15) is 0 Å². The molecule has 1 aliphatic rings. The van der Waals surface area contributed by atoms with Crippen molar-refractivity contribution in [3.8, 4) is 23.0 Å². The molecule has 0 amide bonds. The Morgan fingerprint density at radius 1 is 1.12 bits per heavy atom. The molecule has 2 heterocycles. The Morgan fingerprint density at radius 3 is 2.65 bits per heavy atom. The average Bonchev–Trinajstić information content (AvgIpc) is 3.30. The number of benzene rings is 1. The van der Waals surface area contributed by atoms with Crippen molar-refractivity contribution in [2.45, 2.75) is 39.5 Å². The minimum absolute atomic E-state index is 0.0581. The van der Waals surface area contributed by atoms with Gasteiger partial charge in [-0.1, -0.05) is 12.8 Å². The molecule has 1 fully saturated rings. The lowest BCUT2D eigenvalue weighted by molar-refractivity contribution is 0.252. The van der Waals surface area contributed by atoms with E-state index in [1.54, 1.807) is 13.0 Å². The lowest BCUT2D eigenvalue weighted by Gasteiger charge is -2.10. The zero-order valence-corrected chi connectivity index (χ0v) is 15.0. The fourth-order valence-corrected chi connectivity index (χ4v) is 3.57. The maximum atomic E-state index is 11.9. The second-order valence-electron chi connectivity index (χ2n) is 7.09. The van der Waals surface area contributed by atoms with Gasteiger partial charge in [0.15, 0.2) is 11.5 Å². The lowest BCUT2D eigenvalue weighted by atomic mass is 10.1. The summed E-state index contributed by atoms with van der Waals surface area (Å²) in [6.45, 7) is 3.97. The lowest BCUT2D eigenvalue weighted by Crippen LogP contribution is -2.07. The van der Waals surface area contributed by atoms with Crippen LogP contribution in [-0.2, 0) is 0 Å². The van der Waals surface area contributed by atoms with Crippen LogP contribution >= 0.6 is 0 Å². The van der Waals surface area contributed by atoms with Crippen molar-refractivity contribution >= 4 is 11.0 Å². The first-order chi connectivity index (χ1) is 12.5. The van der Waals surface area contributed by atoms with Gasteiger partial charge in [0.2, 0.25) is 0 Å². The Morgan fingerprint density at radius 2 is 1.88 bits per heavy atom. The van der Waals surface area contributed by atoms with E-state index in [0.717, 1.165) is 17.7 Å². The van der Waals surface area contributed by atoms with Crippen molar-refractivity contribution in [1.29, 1.82) is 0 Å². The van der Waals surface area contributed by atoms with Crippen LogP contribution in [0.15, 0.2) is 37.9 Å². The van der Waals surface area contributed by atoms with E-state index in [-0.39, 0.29) is 17.1 Å². The average molecular weight is 354 g/mol. The minimum atomic E-state index is -0.566. The second kappa shape index (κ2) is 6.56. The fourth-order valence-electron chi connectivity index (χ4n) is 3.57. The van der Waals surface area contributed by atoms with Crippen LogP contribution in [0.5, 0.6) is 11.5 Å². The third-order valence-electron chi connectivity index (χ3n) is 5.23. The van der Waals surface area contributed by atoms with Crippen LogP contribution in [-0.4, -0.2) is 11.7 Å². The standard InChI is InChI=1S/C21H22O5/c1-12-19(22)13(2)21(23)26-20(12)18-9-15-7-8-16(10-17(15)25-18)24-11-14-5-3-4-6-14/h7-10,14,22H,3-6,11H2,1-2H3.